The normalized spacial score (nSPS) is 15.5. The minimum Gasteiger partial charge on any atom is -0.426 e. The quantitative estimate of drug-likeness (QED) is 0.411. The highest BCUT2D eigenvalue weighted by molar-refractivity contribution is 6.43. The minimum absolute atomic E-state index is 0.270. The van der Waals surface area contributed by atoms with Crippen molar-refractivity contribution in [2.45, 2.75) is 31.7 Å². The molecule has 3 rings (SSSR count). The van der Waals surface area contributed by atoms with Crippen LogP contribution < -0.4 is 10.6 Å². The van der Waals surface area contributed by atoms with Crippen molar-refractivity contribution in [3.63, 3.8) is 0 Å². The number of hydrogen-bond acceptors (Lipinski definition) is 4. The standard InChI is InChI=1S/C20H23BN2O4/c24-18(22-14-16-9-5-2-6-10-16)20(11-12-20)19(25)23-17(21(26)27)13-15-7-3-1-4-8-15/h1-10,17,26-27H,11-14H2,(H,22,24)(H,23,25). The van der Waals surface area contributed by atoms with Crippen LogP contribution in [-0.2, 0) is 22.6 Å². The number of rotatable bonds is 8. The third-order valence-corrected chi connectivity index (χ3v) is 4.89. The number of nitrogens with one attached hydrogen (secondary N) is 2. The number of carbonyl (C=O) groups is 2. The van der Waals surface area contributed by atoms with Gasteiger partial charge in [0.15, 0.2) is 0 Å². The molecule has 2 aromatic rings. The van der Waals surface area contributed by atoms with Crippen molar-refractivity contribution in [2.24, 2.45) is 5.41 Å². The van der Waals surface area contributed by atoms with E-state index >= 15 is 0 Å². The molecule has 1 aliphatic rings. The summed E-state index contributed by atoms with van der Waals surface area (Å²) in [5.41, 5.74) is 0.711. The van der Waals surface area contributed by atoms with Gasteiger partial charge >= 0.3 is 7.12 Å². The van der Waals surface area contributed by atoms with Crippen LogP contribution >= 0.6 is 0 Å². The molecule has 0 aromatic heterocycles. The van der Waals surface area contributed by atoms with Gasteiger partial charge < -0.3 is 20.7 Å². The van der Waals surface area contributed by atoms with Crippen LogP contribution in [0.4, 0.5) is 0 Å². The smallest absolute Gasteiger partial charge is 0.426 e. The van der Waals surface area contributed by atoms with Gasteiger partial charge in [-0.1, -0.05) is 60.7 Å². The van der Waals surface area contributed by atoms with Gasteiger partial charge in [-0.25, -0.2) is 0 Å². The molecule has 2 amide bonds. The molecule has 0 saturated heterocycles. The van der Waals surface area contributed by atoms with Crippen molar-refractivity contribution < 1.29 is 19.6 Å². The van der Waals surface area contributed by atoms with Crippen LogP contribution in [0.3, 0.4) is 0 Å². The molecule has 27 heavy (non-hydrogen) atoms. The van der Waals surface area contributed by atoms with Crippen LogP contribution in [0.25, 0.3) is 0 Å². The van der Waals surface area contributed by atoms with Gasteiger partial charge in [-0.05, 0) is 30.4 Å². The number of carbonyl (C=O) groups excluding carboxylic acids is 2. The van der Waals surface area contributed by atoms with E-state index in [1.165, 1.54) is 0 Å². The van der Waals surface area contributed by atoms with Crippen LogP contribution in [0.1, 0.15) is 24.0 Å². The summed E-state index contributed by atoms with van der Waals surface area (Å²) in [6.45, 7) is 0.352. The van der Waals surface area contributed by atoms with Crippen molar-refractivity contribution in [3.05, 3.63) is 71.8 Å². The zero-order valence-electron chi connectivity index (χ0n) is 15.0. The molecule has 7 heteroatoms. The van der Waals surface area contributed by atoms with Gasteiger partial charge in [0.25, 0.3) is 0 Å². The fourth-order valence-corrected chi connectivity index (χ4v) is 3.04. The molecule has 140 valence electrons. The summed E-state index contributed by atoms with van der Waals surface area (Å²) in [6.07, 6.45) is 1.18. The molecule has 1 saturated carbocycles. The lowest BCUT2D eigenvalue weighted by Crippen LogP contribution is -2.52. The van der Waals surface area contributed by atoms with E-state index in [2.05, 4.69) is 10.6 Å². The van der Waals surface area contributed by atoms with Crippen molar-refractivity contribution in [1.29, 1.82) is 0 Å². The Labute approximate surface area is 158 Å². The summed E-state index contributed by atoms with van der Waals surface area (Å²) in [6, 6.07) is 18.7. The second-order valence-electron chi connectivity index (χ2n) is 6.93. The average molecular weight is 366 g/mol. The highest BCUT2D eigenvalue weighted by Gasteiger charge is 2.57. The second-order valence-corrected chi connectivity index (χ2v) is 6.93. The lowest BCUT2D eigenvalue weighted by Gasteiger charge is -2.22. The van der Waals surface area contributed by atoms with E-state index in [0.717, 1.165) is 11.1 Å². The molecule has 2 aromatic carbocycles. The van der Waals surface area contributed by atoms with E-state index < -0.39 is 24.4 Å². The first-order valence-electron chi connectivity index (χ1n) is 9.04. The third-order valence-electron chi connectivity index (χ3n) is 4.89. The fraction of sp³-hybridized carbons (Fsp3) is 0.300. The Bertz CT molecular complexity index is 779. The zero-order chi connectivity index (χ0) is 19.3. The maximum Gasteiger partial charge on any atom is 0.475 e. The monoisotopic (exact) mass is 366 g/mol. The van der Waals surface area contributed by atoms with E-state index in [1.807, 2.05) is 60.7 Å². The van der Waals surface area contributed by atoms with Crippen LogP contribution in [0.2, 0.25) is 0 Å². The van der Waals surface area contributed by atoms with Crippen LogP contribution in [0.5, 0.6) is 0 Å². The lowest BCUT2D eigenvalue weighted by atomic mass is 9.75. The molecule has 6 nitrogen and oxygen atoms in total. The summed E-state index contributed by atoms with van der Waals surface area (Å²) in [5, 5.41) is 24.7. The summed E-state index contributed by atoms with van der Waals surface area (Å²) in [4.78, 5) is 25.2. The molecule has 1 aliphatic carbocycles. The van der Waals surface area contributed by atoms with Gasteiger partial charge in [0.2, 0.25) is 11.8 Å². The van der Waals surface area contributed by atoms with E-state index in [4.69, 9.17) is 0 Å². The Balaban J connectivity index is 1.60. The second kappa shape index (κ2) is 8.37. The van der Waals surface area contributed by atoms with Crippen LogP contribution in [0, 0.1) is 5.41 Å². The van der Waals surface area contributed by atoms with Crippen molar-refractivity contribution in [2.75, 3.05) is 0 Å². The average Bonchev–Trinajstić information content (AvgIpc) is 3.49. The van der Waals surface area contributed by atoms with Gasteiger partial charge in [-0.3, -0.25) is 9.59 Å². The number of benzene rings is 2. The predicted octanol–water partition coefficient (Wildman–Crippen LogP) is 0.822. The van der Waals surface area contributed by atoms with Gasteiger partial charge in [-0.15, -0.1) is 0 Å². The third kappa shape index (κ3) is 4.75. The molecule has 1 fully saturated rings. The fourth-order valence-electron chi connectivity index (χ4n) is 3.04. The Morgan fingerprint density at radius 3 is 2.00 bits per heavy atom. The van der Waals surface area contributed by atoms with E-state index in [9.17, 15) is 19.6 Å². The SMILES string of the molecule is O=C(NCc1ccccc1)C1(C(=O)NC(Cc2ccccc2)B(O)O)CC1. The Morgan fingerprint density at radius 2 is 1.48 bits per heavy atom. The van der Waals surface area contributed by atoms with Gasteiger partial charge in [0, 0.05) is 6.54 Å². The maximum atomic E-state index is 12.7. The van der Waals surface area contributed by atoms with Crippen molar-refractivity contribution in [1.82, 2.24) is 10.6 Å². The molecule has 4 N–H and O–H groups in total. The first kappa shape index (κ1) is 19.1. The number of amides is 2. The van der Waals surface area contributed by atoms with Gasteiger partial charge in [0.05, 0.1) is 5.94 Å². The molecule has 1 unspecified atom stereocenters. The van der Waals surface area contributed by atoms with Crippen LogP contribution in [-0.4, -0.2) is 34.9 Å². The summed E-state index contributed by atoms with van der Waals surface area (Å²) < 4.78 is 0. The van der Waals surface area contributed by atoms with Gasteiger partial charge in [-0.2, -0.15) is 0 Å². The zero-order valence-corrected chi connectivity index (χ0v) is 15.0. The molecule has 0 spiro atoms. The molecule has 0 aliphatic heterocycles. The Hall–Kier alpha value is -2.64. The first-order valence-corrected chi connectivity index (χ1v) is 9.04. The molecule has 0 bridgehead atoms. The van der Waals surface area contributed by atoms with E-state index in [-0.39, 0.29) is 12.3 Å². The van der Waals surface area contributed by atoms with E-state index in [1.54, 1.807) is 0 Å². The molecule has 0 heterocycles. The summed E-state index contributed by atoms with van der Waals surface area (Å²) >= 11 is 0. The maximum absolute atomic E-state index is 12.7. The Morgan fingerprint density at radius 1 is 0.926 bits per heavy atom. The first-order chi connectivity index (χ1) is 13.0. The van der Waals surface area contributed by atoms with Crippen molar-refractivity contribution >= 4 is 18.9 Å². The largest absolute Gasteiger partial charge is 0.475 e. The van der Waals surface area contributed by atoms with Crippen molar-refractivity contribution in [3.8, 4) is 0 Å². The molecular formula is C20H23BN2O4. The molecule has 1 atom stereocenters. The van der Waals surface area contributed by atoms with Gasteiger partial charge in [0.1, 0.15) is 5.41 Å². The molecule has 0 radical (unpaired) electrons. The molecular weight excluding hydrogens is 343 g/mol. The number of hydrogen-bond donors (Lipinski definition) is 4. The topological polar surface area (TPSA) is 98.7 Å². The van der Waals surface area contributed by atoms with Crippen LogP contribution in [0.15, 0.2) is 60.7 Å². The van der Waals surface area contributed by atoms with E-state index in [0.29, 0.717) is 19.4 Å². The highest BCUT2D eigenvalue weighted by atomic mass is 16.4. The predicted molar refractivity (Wildman–Crippen MR) is 102 cm³/mol. The summed E-state index contributed by atoms with van der Waals surface area (Å²) in [7, 11) is -1.71. The Kier molecular flexibility index (Phi) is 5.93. The minimum atomic E-state index is -1.71. The lowest BCUT2D eigenvalue weighted by molar-refractivity contribution is -0.137. The highest BCUT2D eigenvalue weighted by Crippen LogP contribution is 2.46. The summed E-state index contributed by atoms with van der Waals surface area (Å²) in [5.74, 6) is -1.66.